The van der Waals surface area contributed by atoms with E-state index in [2.05, 4.69) is 47.2 Å². The van der Waals surface area contributed by atoms with Crippen molar-refractivity contribution in [2.75, 3.05) is 42.1 Å². The van der Waals surface area contributed by atoms with Crippen LogP contribution < -0.4 is 21.3 Å². The Bertz CT molecular complexity index is 945. The third kappa shape index (κ3) is 8.11. The molecule has 1 aliphatic heterocycles. The highest BCUT2D eigenvalue weighted by Gasteiger charge is 2.20. The summed E-state index contributed by atoms with van der Waals surface area (Å²) in [4.78, 5) is 22.9. The molecule has 1 atom stereocenters. The Morgan fingerprint density at radius 3 is 2.62 bits per heavy atom. The third-order valence-electron chi connectivity index (χ3n) is 5.51. The van der Waals surface area contributed by atoms with Crippen LogP contribution in [0.25, 0.3) is 0 Å². The largest absolute Gasteiger partial charge is 0.369 e. The summed E-state index contributed by atoms with van der Waals surface area (Å²) in [7, 11) is 0. The molecule has 0 aliphatic carbocycles. The zero-order chi connectivity index (χ0) is 24.6. The van der Waals surface area contributed by atoms with Crippen molar-refractivity contribution in [2.24, 2.45) is 5.41 Å². The maximum atomic E-state index is 11.9. The molecule has 0 bridgehead atoms. The van der Waals surface area contributed by atoms with Crippen LogP contribution in [0.5, 0.6) is 0 Å². The molecule has 5 N–H and O–H groups in total. The number of nitrogens with zero attached hydrogens (tertiary/aromatic N) is 3. The quantitative estimate of drug-likeness (QED) is 0.216. The van der Waals surface area contributed by atoms with E-state index in [1.54, 1.807) is 6.20 Å². The van der Waals surface area contributed by atoms with Crippen molar-refractivity contribution in [2.45, 2.75) is 52.8 Å². The van der Waals surface area contributed by atoms with Crippen LogP contribution in [0.4, 0.5) is 23.1 Å². The number of carbonyl (C=O) groups is 1. The predicted molar refractivity (Wildman–Crippen MR) is 140 cm³/mol. The molecule has 2 heterocycles. The Balaban J connectivity index is 1.48. The van der Waals surface area contributed by atoms with E-state index in [0.29, 0.717) is 18.3 Å². The first-order valence-corrected chi connectivity index (χ1v) is 12.6. The monoisotopic (exact) mass is 533 g/mol. The summed E-state index contributed by atoms with van der Waals surface area (Å²) in [5.74, 6) is 1.25. The highest BCUT2D eigenvalue weighted by Crippen LogP contribution is 2.24. The number of aliphatic hydroxyl groups is 1. The van der Waals surface area contributed by atoms with Crippen LogP contribution in [0.15, 0.2) is 34.9 Å². The van der Waals surface area contributed by atoms with Gasteiger partial charge in [0.1, 0.15) is 5.82 Å². The van der Waals surface area contributed by atoms with E-state index in [1.165, 1.54) is 0 Å². The molecule has 9 nitrogen and oxygen atoms in total. The number of amides is 1. The summed E-state index contributed by atoms with van der Waals surface area (Å²) < 4.78 is 0.781. The Hall–Kier alpha value is -2.43. The number of aliphatic hydroxyl groups excluding tert-OH is 1. The molecule has 1 unspecified atom stereocenters. The molecule has 0 radical (unpaired) electrons. The summed E-state index contributed by atoms with van der Waals surface area (Å²) in [6.07, 6.45) is 5.03. The fraction of sp³-hybridized carbons (Fsp3) is 0.542. The van der Waals surface area contributed by atoms with E-state index in [9.17, 15) is 9.90 Å². The second kappa shape index (κ2) is 12.3. The zero-order valence-electron chi connectivity index (χ0n) is 20.2. The number of aromatic nitrogens is 2. The Kier molecular flexibility index (Phi) is 9.49. The second-order valence-electron chi connectivity index (χ2n) is 9.50. The topological polar surface area (TPSA) is 114 Å². The van der Waals surface area contributed by atoms with E-state index in [1.807, 2.05) is 49.9 Å². The van der Waals surface area contributed by atoms with E-state index in [4.69, 9.17) is 0 Å². The summed E-state index contributed by atoms with van der Waals surface area (Å²) in [6.45, 7) is 8.92. The SMILES string of the molecule is CC(C)(C)C(=O)NCCCCNc1nc(Nc2cccc(NC(O)N3CCCC3)c2)ncc1Br. The van der Waals surface area contributed by atoms with Gasteiger partial charge in [-0.05, 0) is 59.8 Å². The highest BCUT2D eigenvalue weighted by molar-refractivity contribution is 9.10. The normalized spacial score (nSPS) is 15.1. The summed E-state index contributed by atoms with van der Waals surface area (Å²) >= 11 is 3.50. The van der Waals surface area contributed by atoms with Gasteiger partial charge in [0.25, 0.3) is 0 Å². The average Bonchev–Trinajstić information content (AvgIpc) is 3.33. The molecule has 34 heavy (non-hydrogen) atoms. The number of likely N-dealkylation sites (tertiary alicyclic amines) is 1. The number of anilines is 4. The van der Waals surface area contributed by atoms with Crippen molar-refractivity contribution in [1.29, 1.82) is 0 Å². The number of hydrogen-bond acceptors (Lipinski definition) is 8. The molecule has 3 rings (SSSR count). The molecule has 1 aromatic carbocycles. The molecule has 1 amide bonds. The first-order valence-electron chi connectivity index (χ1n) is 11.8. The van der Waals surface area contributed by atoms with Crippen molar-refractivity contribution < 1.29 is 9.90 Å². The lowest BCUT2D eigenvalue weighted by molar-refractivity contribution is -0.128. The van der Waals surface area contributed by atoms with Crippen molar-refractivity contribution >= 4 is 45.0 Å². The van der Waals surface area contributed by atoms with Crippen LogP contribution >= 0.6 is 15.9 Å². The molecular weight excluding hydrogens is 498 g/mol. The van der Waals surface area contributed by atoms with Gasteiger partial charge in [-0.3, -0.25) is 9.69 Å². The Morgan fingerprint density at radius 2 is 1.88 bits per heavy atom. The number of benzene rings is 1. The van der Waals surface area contributed by atoms with Crippen LogP contribution in [0.3, 0.4) is 0 Å². The molecule has 1 saturated heterocycles. The number of halogens is 1. The van der Waals surface area contributed by atoms with E-state index >= 15 is 0 Å². The van der Waals surface area contributed by atoms with Gasteiger partial charge in [0.2, 0.25) is 11.9 Å². The molecular formula is C24H36BrN7O2. The summed E-state index contributed by atoms with van der Waals surface area (Å²) in [5, 5.41) is 23.0. The number of rotatable bonds is 11. The van der Waals surface area contributed by atoms with Crippen molar-refractivity contribution in [3.63, 3.8) is 0 Å². The minimum atomic E-state index is -0.695. The van der Waals surface area contributed by atoms with Gasteiger partial charge in [0, 0.05) is 49.2 Å². The van der Waals surface area contributed by atoms with Crippen LogP contribution in [-0.2, 0) is 4.79 Å². The van der Waals surface area contributed by atoms with Crippen molar-refractivity contribution in [3.8, 4) is 0 Å². The fourth-order valence-electron chi connectivity index (χ4n) is 3.52. The predicted octanol–water partition coefficient (Wildman–Crippen LogP) is 4.12. The van der Waals surface area contributed by atoms with Crippen LogP contribution in [-0.4, -0.2) is 58.4 Å². The van der Waals surface area contributed by atoms with Gasteiger partial charge in [-0.25, -0.2) is 4.98 Å². The fourth-order valence-corrected chi connectivity index (χ4v) is 3.85. The number of unbranched alkanes of at least 4 members (excludes halogenated alkanes) is 1. The van der Waals surface area contributed by atoms with Gasteiger partial charge in [0.05, 0.1) is 4.47 Å². The smallest absolute Gasteiger partial charge is 0.229 e. The summed E-state index contributed by atoms with van der Waals surface area (Å²) in [6, 6.07) is 7.68. The van der Waals surface area contributed by atoms with Crippen LogP contribution in [0.2, 0.25) is 0 Å². The zero-order valence-corrected chi connectivity index (χ0v) is 21.8. The number of carbonyl (C=O) groups excluding carboxylic acids is 1. The molecule has 1 aliphatic rings. The van der Waals surface area contributed by atoms with Crippen LogP contribution in [0, 0.1) is 5.41 Å². The molecule has 10 heteroatoms. The standard InChI is InChI=1S/C24H36BrN7O2/c1-24(2,3)21(33)27-12-5-4-11-26-20-19(25)16-28-22(31-20)29-17-9-8-10-18(15-17)30-23(34)32-13-6-7-14-32/h8-10,15-16,23,30,34H,4-7,11-14H2,1-3H3,(H,27,33)(H2,26,28,29,31). The highest BCUT2D eigenvalue weighted by atomic mass is 79.9. The van der Waals surface area contributed by atoms with E-state index in [0.717, 1.165) is 61.2 Å². The molecule has 2 aromatic rings. The summed E-state index contributed by atoms with van der Waals surface area (Å²) in [5.41, 5.74) is 1.27. The minimum absolute atomic E-state index is 0.0690. The lowest BCUT2D eigenvalue weighted by atomic mass is 9.96. The van der Waals surface area contributed by atoms with Crippen molar-refractivity contribution in [1.82, 2.24) is 20.2 Å². The molecule has 1 aromatic heterocycles. The van der Waals surface area contributed by atoms with Crippen LogP contribution in [0.1, 0.15) is 46.5 Å². The maximum Gasteiger partial charge on any atom is 0.229 e. The number of hydrogen-bond donors (Lipinski definition) is 5. The minimum Gasteiger partial charge on any atom is -0.369 e. The lowest BCUT2D eigenvalue weighted by Gasteiger charge is -2.24. The van der Waals surface area contributed by atoms with E-state index < -0.39 is 6.35 Å². The van der Waals surface area contributed by atoms with Gasteiger partial charge in [-0.2, -0.15) is 4.98 Å². The van der Waals surface area contributed by atoms with Gasteiger partial charge in [-0.1, -0.05) is 26.8 Å². The Labute approximate surface area is 210 Å². The first-order chi connectivity index (χ1) is 16.2. The molecule has 1 fully saturated rings. The lowest BCUT2D eigenvalue weighted by Crippen LogP contribution is -2.38. The average molecular weight is 535 g/mol. The molecule has 186 valence electrons. The molecule has 0 saturated carbocycles. The number of nitrogens with one attached hydrogen (secondary N) is 4. The second-order valence-corrected chi connectivity index (χ2v) is 10.4. The van der Waals surface area contributed by atoms with Gasteiger partial charge in [0.15, 0.2) is 6.35 Å². The van der Waals surface area contributed by atoms with Crippen molar-refractivity contribution in [3.05, 3.63) is 34.9 Å². The van der Waals surface area contributed by atoms with Gasteiger partial charge < -0.3 is 26.4 Å². The van der Waals surface area contributed by atoms with E-state index in [-0.39, 0.29) is 11.3 Å². The van der Waals surface area contributed by atoms with Gasteiger partial charge in [-0.15, -0.1) is 0 Å². The molecule has 0 spiro atoms. The van der Waals surface area contributed by atoms with Gasteiger partial charge >= 0.3 is 0 Å². The Morgan fingerprint density at radius 1 is 1.18 bits per heavy atom. The maximum absolute atomic E-state index is 11.9. The third-order valence-corrected chi connectivity index (χ3v) is 6.09. The first kappa shape index (κ1) is 26.2.